The number of rotatable bonds is 8. The molecule has 23 heavy (non-hydrogen) atoms. The molecular formula is C18H24N2OS2. The number of hydrogen-bond donors (Lipinski definition) is 1. The number of hydrogen-bond acceptors (Lipinski definition) is 4. The van der Waals surface area contributed by atoms with Crippen LogP contribution in [0.5, 0.6) is 0 Å². The van der Waals surface area contributed by atoms with Gasteiger partial charge in [-0.3, -0.25) is 4.79 Å². The monoisotopic (exact) mass is 348 g/mol. The zero-order valence-corrected chi connectivity index (χ0v) is 15.5. The number of amides is 1. The van der Waals surface area contributed by atoms with Gasteiger partial charge >= 0.3 is 0 Å². The quantitative estimate of drug-likeness (QED) is 0.776. The van der Waals surface area contributed by atoms with E-state index in [-0.39, 0.29) is 5.91 Å². The van der Waals surface area contributed by atoms with Crippen molar-refractivity contribution in [3.63, 3.8) is 0 Å². The van der Waals surface area contributed by atoms with Gasteiger partial charge in [0.15, 0.2) is 0 Å². The summed E-state index contributed by atoms with van der Waals surface area (Å²) in [6, 6.07) is 10.4. The lowest BCUT2D eigenvalue weighted by Crippen LogP contribution is -2.31. The van der Waals surface area contributed by atoms with Crippen LogP contribution in [0.15, 0.2) is 35.7 Å². The fourth-order valence-electron chi connectivity index (χ4n) is 2.44. The van der Waals surface area contributed by atoms with Gasteiger partial charge in [0.25, 0.3) is 0 Å². The Balaban J connectivity index is 1.76. The van der Waals surface area contributed by atoms with Crippen molar-refractivity contribution in [2.75, 3.05) is 12.3 Å². The molecule has 2 rings (SSSR count). The summed E-state index contributed by atoms with van der Waals surface area (Å²) in [4.78, 5) is 16.5. The molecule has 1 heterocycles. The van der Waals surface area contributed by atoms with Crippen molar-refractivity contribution >= 4 is 29.0 Å². The van der Waals surface area contributed by atoms with Gasteiger partial charge in [-0.05, 0) is 18.4 Å². The highest BCUT2D eigenvalue weighted by Gasteiger charge is 2.16. The van der Waals surface area contributed by atoms with E-state index in [0.29, 0.717) is 24.1 Å². The molecule has 2 aromatic rings. The average Bonchev–Trinajstić information content (AvgIpc) is 2.94. The predicted octanol–water partition coefficient (Wildman–Crippen LogP) is 4.24. The van der Waals surface area contributed by atoms with Gasteiger partial charge in [-0.15, -0.1) is 23.1 Å². The van der Waals surface area contributed by atoms with Crippen LogP contribution in [-0.4, -0.2) is 23.2 Å². The number of aryl methyl sites for hydroxylation is 1. The van der Waals surface area contributed by atoms with Crippen LogP contribution in [0, 0.1) is 12.8 Å². The first kappa shape index (κ1) is 18.0. The van der Waals surface area contributed by atoms with E-state index in [2.05, 4.69) is 53.8 Å². The maximum Gasteiger partial charge on any atom is 0.230 e. The molecule has 3 nitrogen and oxygen atoms in total. The molecule has 0 saturated carbocycles. The van der Waals surface area contributed by atoms with Crippen LogP contribution in [0.1, 0.15) is 36.0 Å². The molecule has 0 spiro atoms. The molecule has 124 valence electrons. The van der Waals surface area contributed by atoms with E-state index in [1.54, 1.807) is 23.1 Å². The van der Waals surface area contributed by atoms with Crippen molar-refractivity contribution in [2.24, 2.45) is 5.92 Å². The van der Waals surface area contributed by atoms with E-state index in [0.717, 1.165) is 16.5 Å². The lowest BCUT2D eigenvalue weighted by atomic mass is 9.88. The van der Waals surface area contributed by atoms with E-state index in [9.17, 15) is 4.79 Å². The van der Waals surface area contributed by atoms with Crippen molar-refractivity contribution in [3.05, 3.63) is 52.0 Å². The lowest BCUT2D eigenvalue weighted by Gasteiger charge is -2.21. The second-order valence-corrected chi connectivity index (χ2v) is 7.96. The second kappa shape index (κ2) is 9.08. The van der Waals surface area contributed by atoms with Gasteiger partial charge < -0.3 is 5.32 Å². The first-order valence-corrected chi connectivity index (χ1v) is 9.90. The summed E-state index contributed by atoms with van der Waals surface area (Å²) in [6.07, 6.45) is 0. The number of carbonyl (C=O) groups is 1. The van der Waals surface area contributed by atoms with Gasteiger partial charge in [0, 0.05) is 23.6 Å². The van der Waals surface area contributed by atoms with Crippen LogP contribution >= 0.6 is 23.1 Å². The normalized spacial score (nSPS) is 12.3. The van der Waals surface area contributed by atoms with E-state index in [4.69, 9.17) is 0 Å². The number of aromatic nitrogens is 1. The molecule has 1 atom stereocenters. The highest BCUT2D eigenvalue weighted by molar-refractivity contribution is 7.99. The molecule has 0 aliphatic carbocycles. The lowest BCUT2D eigenvalue weighted by molar-refractivity contribution is -0.118. The summed E-state index contributed by atoms with van der Waals surface area (Å²) in [7, 11) is 0. The smallest absolute Gasteiger partial charge is 0.230 e. The van der Waals surface area contributed by atoms with Crippen molar-refractivity contribution in [2.45, 2.75) is 32.4 Å². The Morgan fingerprint density at radius 3 is 2.65 bits per heavy atom. The Morgan fingerprint density at radius 1 is 1.30 bits per heavy atom. The Hall–Kier alpha value is -1.33. The van der Waals surface area contributed by atoms with Gasteiger partial charge in [0.1, 0.15) is 0 Å². The summed E-state index contributed by atoms with van der Waals surface area (Å²) in [5, 5.41) is 6.21. The highest BCUT2D eigenvalue weighted by atomic mass is 32.2. The molecule has 1 unspecified atom stereocenters. The Morgan fingerprint density at radius 2 is 2.04 bits per heavy atom. The highest BCUT2D eigenvalue weighted by Crippen LogP contribution is 2.23. The number of thioether (sulfide) groups is 1. The Kier molecular flexibility index (Phi) is 7.12. The van der Waals surface area contributed by atoms with E-state index in [1.807, 2.05) is 13.0 Å². The van der Waals surface area contributed by atoms with Crippen LogP contribution in [0.3, 0.4) is 0 Å². The largest absolute Gasteiger partial charge is 0.355 e. The van der Waals surface area contributed by atoms with Crippen LogP contribution < -0.4 is 5.32 Å². The standard InChI is InChI=1S/C18H24N2OS2/c1-13(2)17(15-7-5-4-6-8-15)9-19-18(21)12-22-10-16-11-23-14(3)20-16/h4-8,11,13,17H,9-10,12H2,1-3H3,(H,19,21). The number of benzene rings is 1. The first-order chi connectivity index (χ1) is 11.1. The predicted molar refractivity (Wildman–Crippen MR) is 100 cm³/mol. The molecule has 1 amide bonds. The molecule has 0 aliphatic rings. The van der Waals surface area contributed by atoms with Crippen molar-refractivity contribution in [3.8, 4) is 0 Å². The maximum atomic E-state index is 12.0. The molecule has 1 aromatic heterocycles. The molecule has 5 heteroatoms. The molecule has 0 aliphatic heterocycles. The zero-order valence-electron chi connectivity index (χ0n) is 13.9. The summed E-state index contributed by atoms with van der Waals surface area (Å²) in [5.41, 5.74) is 2.35. The third-order valence-electron chi connectivity index (χ3n) is 3.70. The fraction of sp³-hybridized carbons (Fsp3) is 0.444. The first-order valence-electron chi connectivity index (χ1n) is 7.86. The molecule has 1 aromatic carbocycles. The molecule has 0 bridgehead atoms. The molecular weight excluding hydrogens is 324 g/mol. The van der Waals surface area contributed by atoms with Gasteiger partial charge in [-0.2, -0.15) is 0 Å². The number of thiazole rings is 1. The van der Waals surface area contributed by atoms with E-state index in [1.165, 1.54) is 5.56 Å². The third-order valence-corrected chi connectivity index (χ3v) is 5.49. The molecule has 1 N–H and O–H groups in total. The van der Waals surface area contributed by atoms with Gasteiger partial charge in [-0.1, -0.05) is 44.2 Å². The summed E-state index contributed by atoms with van der Waals surface area (Å²) < 4.78 is 0. The minimum atomic E-state index is 0.100. The van der Waals surface area contributed by atoms with Gasteiger partial charge in [-0.25, -0.2) is 4.98 Å². The zero-order chi connectivity index (χ0) is 16.7. The number of nitrogens with zero attached hydrogens (tertiary/aromatic N) is 1. The van der Waals surface area contributed by atoms with Crippen molar-refractivity contribution < 1.29 is 4.79 Å². The second-order valence-electron chi connectivity index (χ2n) is 5.92. The van der Waals surface area contributed by atoms with Gasteiger partial charge in [0.05, 0.1) is 16.5 Å². The summed E-state index contributed by atoms with van der Waals surface area (Å²) in [6.45, 7) is 7.09. The Labute approximate surface area is 146 Å². The minimum Gasteiger partial charge on any atom is -0.355 e. The van der Waals surface area contributed by atoms with Gasteiger partial charge in [0.2, 0.25) is 5.91 Å². The SMILES string of the molecule is Cc1nc(CSCC(=O)NCC(c2ccccc2)C(C)C)cs1. The van der Waals surface area contributed by atoms with E-state index >= 15 is 0 Å². The third kappa shape index (κ3) is 5.99. The molecule has 0 radical (unpaired) electrons. The fourth-order valence-corrected chi connectivity index (χ4v) is 3.90. The maximum absolute atomic E-state index is 12.0. The summed E-state index contributed by atoms with van der Waals surface area (Å²) >= 11 is 3.27. The minimum absolute atomic E-state index is 0.100. The summed E-state index contributed by atoms with van der Waals surface area (Å²) in [5.74, 6) is 2.22. The molecule has 0 saturated heterocycles. The van der Waals surface area contributed by atoms with Crippen LogP contribution in [0.4, 0.5) is 0 Å². The average molecular weight is 349 g/mol. The van der Waals surface area contributed by atoms with Crippen LogP contribution in [0.25, 0.3) is 0 Å². The Bertz CT molecular complexity index is 610. The number of carbonyl (C=O) groups excluding carboxylic acids is 1. The topological polar surface area (TPSA) is 42.0 Å². The van der Waals surface area contributed by atoms with Crippen molar-refractivity contribution in [1.29, 1.82) is 0 Å². The van der Waals surface area contributed by atoms with E-state index < -0.39 is 0 Å². The van der Waals surface area contributed by atoms with Crippen LogP contribution in [-0.2, 0) is 10.5 Å². The number of nitrogens with one attached hydrogen (secondary N) is 1. The van der Waals surface area contributed by atoms with Crippen molar-refractivity contribution in [1.82, 2.24) is 10.3 Å². The molecule has 0 fully saturated rings. The van der Waals surface area contributed by atoms with Crippen LogP contribution in [0.2, 0.25) is 0 Å².